The van der Waals surface area contributed by atoms with Gasteiger partial charge >= 0.3 is 12.0 Å². The van der Waals surface area contributed by atoms with Crippen LogP contribution in [-0.2, 0) is 9.53 Å². The van der Waals surface area contributed by atoms with Gasteiger partial charge in [-0.05, 0) is 31.5 Å². The van der Waals surface area contributed by atoms with Crippen LogP contribution >= 0.6 is 11.6 Å². The normalized spacial score (nSPS) is 16.5. The molecule has 0 bridgehead atoms. The number of amides is 2. The van der Waals surface area contributed by atoms with Crippen molar-refractivity contribution >= 4 is 23.6 Å². The Labute approximate surface area is 156 Å². The van der Waals surface area contributed by atoms with Crippen molar-refractivity contribution < 1.29 is 23.8 Å². The Bertz CT molecular complexity index is 760. The van der Waals surface area contributed by atoms with Crippen LogP contribution in [0.3, 0.4) is 0 Å². The van der Waals surface area contributed by atoms with Gasteiger partial charge in [0.1, 0.15) is 6.61 Å². The summed E-state index contributed by atoms with van der Waals surface area (Å²) >= 11 is 6.36. The first-order valence-electron chi connectivity index (χ1n) is 7.99. The molecule has 1 aliphatic heterocycles. The molecule has 1 atom stereocenters. The van der Waals surface area contributed by atoms with Gasteiger partial charge in [-0.15, -0.1) is 0 Å². The molecule has 1 aromatic carbocycles. The fraction of sp³-hybridized carbons (Fsp3) is 0.333. The zero-order valence-corrected chi connectivity index (χ0v) is 15.6. The minimum atomic E-state index is -0.735. The number of methoxy groups -OCH3 is 1. The summed E-state index contributed by atoms with van der Waals surface area (Å²) in [4.78, 5) is 24.1. The van der Waals surface area contributed by atoms with Gasteiger partial charge in [-0.3, -0.25) is 0 Å². The average Bonchev–Trinajstić information content (AvgIpc) is 2.60. The molecule has 8 heteroatoms. The Hall–Kier alpha value is -2.67. The van der Waals surface area contributed by atoms with Crippen molar-refractivity contribution in [1.29, 1.82) is 0 Å². The van der Waals surface area contributed by atoms with Gasteiger partial charge < -0.3 is 24.8 Å². The van der Waals surface area contributed by atoms with Gasteiger partial charge in [-0.2, -0.15) is 0 Å². The molecule has 1 heterocycles. The number of hydrogen-bond acceptors (Lipinski definition) is 5. The maximum Gasteiger partial charge on any atom is 0.337 e. The summed E-state index contributed by atoms with van der Waals surface area (Å²) in [6.45, 7) is 7.71. The lowest BCUT2D eigenvalue weighted by molar-refractivity contribution is -0.136. The molecular formula is C18H21ClN2O5. The third kappa shape index (κ3) is 4.11. The number of carbonyl (C=O) groups excluding carboxylic acids is 2. The summed E-state index contributed by atoms with van der Waals surface area (Å²) in [5.41, 5.74) is 1.26. The third-order valence-corrected chi connectivity index (χ3v) is 3.97. The molecule has 0 fully saturated rings. The Morgan fingerprint density at radius 3 is 2.73 bits per heavy atom. The Balaban J connectivity index is 2.54. The summed E-state index contributed by atoms with van der Waals surface area (Å²) in [5, 5.41) is 5.57. The highest BCUT2D eigenvalue weighted by Crippen LogP contribution is 2.40. The van der Waals surface area contributed by atoms with E-state index >= 15 is 0 Å². The number of carbonyl (C=O) groups is 2. The van der Waals surface area contributed by atoms with Crippen LogP contribution in [0, 0.1) is 0 Å². The van der Waals surface area contributed by atoms with Gasteiger partial charge in [0.25, 0.3) is 0 Å². The van der Waals surface area contributed by atoms with E-state index in [0.29, 0.717) is 34.4 Å². The largest absolute Gasteiger partial charge is 0.490 e. The smallest absolute Gasteiger partial charge is 0.337 e. The van der Waals surface area contributed by atoms with E-state index in [2.05, 4.69) is 17.2 Å². The third-order valence-electron chi connectivity index (χ3n) is 3.69. The monoisotopic (exact) mass is 380 g/mol. The maximum absolute atomic E-state index is 12.2. The van der Waals surface area contributed by atoms with Crippen molar-refractivity contribution in [3.63, 3.8) is 0 Å². The molecule has 1 aromatic rings. The molecule has 0 aliphatic carbocycles. The van der Waals surface area contributed by atoms with Gasteiger partial charge in [0.2, 0.25) is 0 Å². The summed E-state index contributed by atoms with van der Waals surface area (Å²) in [6, 6.07) is 2.14. The predicted molar refractivity (Wildman–Crippen MR) is 97.4 cm³/mol. The number of hydrogen-bond donors (Lipinski definition) is 2. The van der Waals surface area contributed by atoms with Gasteiger partial charge in [0.15, 0.2) is 11.5 Å². The number of halogens is 1. The molecule has 2 amide bonds. The van der Waals surface area contributed by atoms with E-state index in [1.165, 1.54) is 7.11 Å². The van der Waals surface area contributed by atoms with Crippen LogP contribution < -0.4 is 20.1 Å². The first-order chi connectivity index (χ1) is 12.4. The summed E-state index contributed by atoms with van der Waals surface area (Å²) in [6.07, 6.45) is 1.59. The highest BCUT2D eigenvalue weighted by atomic mass is 35.5. The van der Waals surface area contributed by atoms with Crippen molar-refractivity contribution in [1.82, 2.24) is 10.6 Å². The molecule has 0 spiro atoms. The van der Waals surface area contributed by atoms with E-state index in [9.17, 15) is 9.59 Å². The molecule has 0 aromatic heterocycles. The number of urea groups is 1. The molecule has 140 valence electrons. The van der Waals surface area contributed by atoms with E-state index in [1.54, 1.807) is 25.1 Å². The van der Waals surface area contributed by atoms with Gasteiger partial charge in [-0.25, -0.2) is 9.59 Å². The fourth-order valence-corrected chi connectivity index (χ4v) is 2.90. The lowest BCUT2D eigenvalue weighted by Gasteiger charge is -2.28. The van der Waals surface area contributed by atoms with E-state index < -0.39 is 18.0 Å². The van der Waals surface area contributed by atoms with Crippen molar-refractivity contribution in [2.24, 2.45) is 0 Å². The molecular weight excluding hydrogens is 360 g/mol. The summed E-state index contributed by atoms with van der Waals surface area (Å²) < 4.78 is 16.0. The van der Waals surface area contributed by atoms with Crippen LogP contribution in [0.4, 0.5) is 4.79 Å². The topological polar surface area (TPSA) is 85.9 Å². The van der Waals surface area contributed by atoms with Crippen molar-refractivity contribution in [2.45, 2.75) is 19.9 Å². The van der Waals surface area contributed by atoms with Gasteiger partial charge in [0, 0.05) is 5.70 Å². The number of benzene rings is 1. The zero-order chi connectivity index (χ0) is 19.3. The van der Waals surface area contributed by atoms with Crippen molar-refractivity contribution in [2.75, 3.05) is 20.3 Å². The predicted octanol–water partition coefficient (Wildman–Crippen LogP) is 3.10. The fourth-order valence-electron chi connectivity index (χ4n) is 2.62. The second kappa shape index (κ2) is 8.62. The Morgan fingerprint density at radius 2 is 2.12 bits per heavy atom. The van der Waals surface area contributed by atoms with E-state index in [4.69, 9.17) is 25.8 Å². The van der Waals surface area contributed by atoms with Crippen LogP contribution in [0.5, 0.6) is 11.5 Å². The minimum Gasteiger partial charge on any atom is -0.490 e. The lowest BCUT2D eigenvalue weighted by Crippen LogP contribution is -2.45. The van der Waals surface area contributed by atoms with Crippen LogP contribution in [0.2, 0.25) is 5.02 Å². The molecule has 0 saturated heterocycles. The minimum absolute atomic E-state index is 0.260. The summed E-state index contributed by atoms with van der Waals surface area (Å²) in [5.74, 6) is 0.227. The molecule has 7 nitrogen and oxygen atoms in total. The zero-order valence-electron chi connectivity index (χ0n) is 14.8. The molecule has 2 rings (SSSR count). The molecule has 0 unspecified atom stereocenters. The second-order valence-corrected chi connectivity index (χ2v) is 5.83. The lowest BCUT2D eigenvalue weighted by atomic mass is 9.95. The first kappa shape index (κ1) is 19.7. The van der Waals surface area contributed by atoms with Crippen molar-refractivity contribution in [3.8, 4) is 11.5 Å². The van der Waals surface area contributed by atoms with E-state index in [0.717, 1.165) is 0 Å². The second-order valence-electron chi connectivity index (χ2n) is 5.42. The molecule has 0 saturated carbocycles. The van der Waals surface area contributed by atoms with Gasteiger partial charge in [-0.1, -0.05) is 24.3 Å². The Kier molecular flexibility index (Phi) is 6.52. The maximum atomic E-state index is 12.2. The molecule has 1 aliphatic rings. The summed E-state index contributed by atoms with van der Waals surface area (Å²) in [7, 11) is 1.28. The first-order valence-corrected chi connectivity index (χ1v) is 8.37. The number of nitrogens with one attached hydrogen (secondary N) is 2. The standard InChI is InChI=1S/C18H21ClN2O5/c1-5-7-26-16-12(19)8-11(9-13(16)25-6-2)15-14(17(22)24-4)10(3)20-18(23)21-15/h5,8-9,15H,1,6-7H2,2-4H3,(H2,20,21,23)/t15-/m0/s1. The molecule has 26 heavy (non-hydrogen) atoms. The number of allylic oxidation sites excluding steroid dienone is 1. The SMILES string of the molecule is C=CCOc1c(Cl)cc([C@@H]2NC(=O)NC(C)=C2C(=O)OC)cc1OCC. The van der Waals surface area contributed by atoms with Crippen LogP contribution in [-0.4, -0.2) is 32.3 Å². The van der Waals surface area contributed by atoms with Crippen LogP contribution in [0.1, 0.15) is 25.5 Å². The van der Waals surface area contributed by atoms with E-state index in [1.807, 2.05) is 6.92 Å². The van der Waals surface area contributed by atoms with Crippen LogP contribution in [0.25, 0.3) is 0 Å². The van der Waals surface area contributed by atoms with E-state index in [-0.39, 0.29) is 12.2 Å². The highest BCUT2D eigenvalue weighted by Gasteiger charge is 2.33. The number of esters is 1. The highest BCUT2D eigenvalue weighted by molar-refractivity contribution is 6.32. The number of ether oxygens (including phenoxy) is 3. The molecule has 2 N–H and O–H groups in total. The van der Waals surface area contributed by atoms with Crippen molar-refractivity contribution in [3.05, 3.63) is 46.6 Å². The van der Waals surface area contributed by atoms with Crippen LogP contribution in [0.15, 0.2) is 36.1 Å². The molecule has 0 radical (unpaired) electrons. The van der Waals surface area contributed by atoms with Gasteiger partial charge in [0.05, 0.1) is 30.4 Å². The Morgan fingerprint density at radius 1 is 1.38 bits per heavy atom. The number of rotatable bonds is 7. The average molecular weight is 381 g/mol. The quantitative estimate of drug-likeness (QED) is 0.560.